The molecule has 0 unspecified atom stereocenters. The standard InChI is InChI=1S/C18H20N4O4S/c1-12-3-5-16(9-13(12)2)25-7-8-26-17-6-4-15(22(23)24)10-14(17)11-20-21-18(19)27/h3-6,9-11H,7-8H2,1-2H3,(H3,19,21,27). The lowest BCUT2D eigenvalue weighted by Gasteiger charge is -2.11. The number of nitrogens with zero attached hydrogens (tertiary/aromatic N) is 2. The fourth-order valence-corrected chi connectivity index (χ4v) is 2.21. The SMILES string of the molecule is Cc1ccc(OCCOc2ccc([N+](=O)[O-])cc2C=NNC(N)=S)cc1C. The number of benzene rings is 2. The second kappa shape index (κ2) is 9.48. The highest BCUT2D eigenvalue weighted by Gasteiger charge is 2.11. The summed E-state index contributed by atoms with van der Waals surface area (Å²) in [7, 11) is 0. The highest BCUT2D eigenvalue weighted by molar-refractivity contribution is 7.80. The molecule has 0 fully saturated rings. The van der Waals surface area contributed by atoms with Crippen molar-refractivity contribution in [1.29, 1.82) is 0 Å². The molecule has 3 N–H and O–H groups in total. The smallest absolute Gasteiger partial charge is 0.270 e. The average Bonchev–Trinajstić information content (AvgIpc) is 2.62. The third kappa shape index (κ3) is 6.23. The minimum atomic E-state index is -0.495. The zero-order chi connectivity index (χ0) is 19.8. The number of thiocarbonyl (C=S) groups is 1. The maximum absolute atomic E-state index is 11.0. The van der Waals surface area contributed by atoms with Gasteiger partial charge in [0, 0.05) is 17.7 Å². The lowest BCUT2D eigenvalue weighted by Crippen LogP contribution is -2.24. The van der Waals surface area contributed by atoms with Gasteiger partial charge in [-0.15, -0.1) is 0 Å². The molecular formula is C18H20N4O4S. The number of nitrogens with two attached hydrogens (primary N) is 1. The van der Waals surface area contributed by atoms with Crippen molar-refractivity contribution in [1.82, 2.24) is 5.43 Å². The van der Waals surface area contributed by atoms with Crippen molar-refractivity contribution in [3.63, 3.8) is 0 Å². The number of nitrogens with one attached hydrogen (secondary N) is 1. The topological polar surface area (TPSA) is 112 Å². The summed E-state index contributed by atoms with van der Waals surface area (Å²) in [6.07, 6.45) is 1.35. The summed E-state index contributed by atoms with van der Waals surface area (Å²) in [6, 6.07) is 10.1. The molecule has 2 aromatic carbocycles. The Hall–Kier alpha value is -3.20. The van der Waals surface area contributed by atoms with Gasteiger partial charge < -0.3 is 15.2 Å². The summed E-state index contributed by atoms with van der Waals surface area (Å²) in [6.45, 7) is 4.63. The number of ether oxygens (including phenoxy) is 2. The number of aryl methyl sites for hydroxylation is 2. The summed E-state index contributed by atoms with van der Waals surface area (Å²) in [4.78, 5) is 10.5. The predicted octanol–water partition coefficient (Wildman–Crippen LogP) is 2.84. The number of hydrogen-bond acceptors (Lipinski definition) is 6. The maximum Gasteiger partial charge on any atom is 0.270 e. The summed E-state index contributed by atoms with van der Waals surface area (Å²) in [5.41, 5.74) is 10.4. The molecule has 142 valence electrons. The Kier molecular flexibility index (Phi) is 7.07. The van der Waals surface area contributed by atoms with Crippen LogP contribution in [0, 0.1) is 24.0 Å². The summed E-state index contributed by atoms with van der Waals surface area (Å²) in [5.74, 6) is 1.19. The molecule has 27 heavy (non-hydrogen) atoms. The van der Waals surface area contributed by atoms with Crippen molar-refractivity contribution < 1.29 is 14.4 Å². The number of hydrogen-bond donors (Lipinski definition) is 2. The highest BCUT2D eigenvalue weighted by atomic mass is 32.1. The third-order valence-corrected chi connectivity index (χ3v) is 3.76. The van der Waals surface area contributed by atoms with Crippen LogP contribution < -0.4 is 20.6 Å². The Balaban J connectivity index is 2.01. The lowest BCUT2D eigenvalue weighted by atomic mass is 10.1. The van der Waals surface area contributed by atoms with Crippen LogP contribution in [0.15, 0.2) is 41.5 Å². The Morgan fingerprint density at radius 1 is 1.22 bits per heavy atom. The van der Waals surface area contributed by atoms with E-state index in [1.165, 1.54) is 30.0 Å². The minimum absolute atomic E-state index is 0.0130. The van der Waals surface area contributed by atoms with Gasteiger partial charge in [0.2, 0.25) is 0 Å². The van der Waals surface area contributed by atoms with Crippen molar-refractivity contribution in [2.75, 3.05) is 13.2 Å². The summed E-state index contributed by atoms with van der Waals surface area (Å²) >= 11 is 4.66. The van der Waals surface area contributed by atoms with Gasteiger partial charge in [-0.3, -0.25) is 15.5 Å². The largest absolute Gasteiger partial charge is 0.490 e. The molecule has 0 radical (unpaired) electrons. The highest BCUT2D eigenvalue weighted by Crippen LogP contribution is 2.23. The van der Waals surface area contributed by atoms with E-state index in [0.29, 0.717) is 17.9 Å². The number of nitro benzene ring substituents is 1. The van der Waals surface area contributed by atoms with E-state index in [-0.39, 0.29) is 17.4 Å². The van der Waals surface area contributed by atoms with E-state index >= 15 is 0 Å². The van der Waals surface area contributed by atoms with Gasteiger partial charge in [0.05, 0.1) is 11.1 Å². The van der Waals surface area contributed by atoms with E-state index in [2.05, 4.69) is 22.7 Å². The maximum atomic E-state index is 11.0. The molecule has 0 amide bonds. The van der Waals surface area contributed by atoms with Crippen LogP contribution in [0.25, 0.3) is 0 Å². The average molecular weight is 388 g/mol. The summed E-state index contributed by atoms with van der Waals surface area (Å²) < 4.78 is 11.3. The first-order valence-corrected chi connectivity index (χ1v) is 8.47. The molecule has 2 rings (SSSR count). The van der Waals surface area contributed by atoms with Gasteiger partial charge in [-0.2, -0.15) is 5.10 Å². The van der Waals surface area contributed by atoms with Crippen molar-refractivity contribution in [3.8, 4) is 11.5 Å². The molecule has 0 atom stereocenters. The Labute approximate surface area is 162 Å². The van der Waals surface area contributed by atoms with Crippen LogP contribution in [0.4, 0.5) is 5.69 Å². The fourth-order valence-electron chi connectivity index (χ4n) is 2.16. The second-order valence-electron chi connectivity index (χ2n) is 5.66. The first-order chi connectivity index (χ1) is 12.9. The van der Waals surface area contributed by atoms with Gasteiger partial charge in [0.25, 0.3) is 5.69 Å². The molecule has 0 saturated carbocycles. The van der Waals surface area contributed by atoms with E-state index in [1.807, 2.05) is 32.0 Å². The second-order valence-corrected chi connectivity index (χ2v) is 6.10. The van der Waals surface area contributed by atoms with E-state index in [4.69, 9.17) is 15.2 Å². The van der Waals surface area contributed by atoms with Crippen molar-refractivity contribution in [3.05, 3.63) is 63.2 Å². The first-order valence-electron chi connectivity index (χ1n) is 8.06. The third-order valence-electron chi connectivity index (χ3n) is 3.67. The molecule has 0 bridgehead atoms. The van der Waals surface area contributed by atoms with Gasteiger partial charge >= 0.3 is 0 Å². The van der Waals surface area contributed by atoms with Crippen molar-refractivity contribution in [2.45, 2.75) is 13.8 Å². The first kappa shape index (κ1) is 20.1. The molecular weight excluding hydrogens is 368 g/mol. The van der Waals surface area contributed by atoms with Gasteiger partial charge in [0.15, 0.2) is 5.11 Å². The predicted molar refractivity (Wildman–Crippen MR) is 108 cm³/mol. The Bertz CT molecular complexity index is 870. The van der Waals surface area contributed by atoms with E-state index in [9.17, 15) is 10.1 Å². The number of non-ortho nitro benzene ring substituents is 1. The van der Waals surface area contributed by atoms with Crippen LogP contribution in [0.3, 0.4) is 0 Å². The minimum Gasteiger partial charge on any atom is -0.490 e. The molecule has 8 nitrogen and oxygen atoms in total. The molecule has 2 aromatic rings. The van der Waals surface area contributed by atoms with Crippen LogP contribution in [0.5, 0.6) is 11.5 Å². The van der Waals surface area contributed by atoms with Crippen LogP contribution in [0.2, 0.25) is 0 Å². The zero-order valence-electron chi connectivity index (χ0n) is 15.0. The van der Waals surface area contributed by atoms with Gasteiger partial charge in [-0.25, -0.2) is 0 Å². The van der Waals surface area contributed by atoms with Crippen LogP contribution in [-0.2, 0) is 0 Å². The monoisotopic (exact) mass is 388 g/mol. The van der Waals surface area contributed by atoms with Crippen molar-refractivity contribution in [2.24, 2.45) is 10.8 Å². The normalized spacial score (nSPS) is 10.6. The van der Waals surface area contributed by atoms with Crippen LogP contribution >= 0.6 is 12.2 Å². The van der Waals surface area contributed by atoms with Gasteiger partial charge in [-0.05, 0) is 55.4 Å². The van der Waals surface area contributed by atoms with Crippen LogP contribution in [-0.4, -0.2) is 29.5 Å². The van der Waals surface area contributed by atoms with Crippen molar-refractivity contribution >= 4 is 29.2 Å². The number of nitro groups is 1. The van der Waals surface area contributed by atoms with E-state index < -0.39 is 4.92 Å². The molecule has 9 heteroatoms. The molecule has 0 aromatic heterocycles. The van der Waals surface area contributed by atoms with Gasteiger partial charge in [-0.1, -0.05) is 6.07 Å². The quantitative estimate of drug-likeness (QED) is 0.235. The molecule has 0 aliphatic heterocycles. The van der Waals surface area contributed by atoms with Gasteiger partial charge in [0.1, 0.15) is 24.7 Å². The van der Waals surface area contributed by atoms with Crippen LogP contribution in [0.1, 0.15) is 16.7 Å². The molecule has 0 saturated heterocycles. The molecule has 0 spiro atoms. The van der Waals surface area contributed by atoms with E-state index in [1.54, 1.807) is 0 Å². The molecule has 0 aliphatic rings. The van der Waals surface area contributed by atoms with E-state index in [0.717, 1.165) is 11.3 Å². The molecule has 0 aliphatic carbocycles. The molecule has 0 heterocycles. The number of rotatable bonds is 8. The Morgan fingerprint density at radius 3 is 2.63 bits per heavy atom. The zero-order valence-corrected chi connectivity index (χ0v) is 15.8. The Morgan fingerprint density at radius 2 is 1.96 bits per heavy atom. The lowest BCUT2D eigenvalue weighted by molar-refractivity contribution is -0.384. The fraction of sp³-hybridized carbons (Fsp3) is 0.222. The summed E-state index contributed by atoms with van der Waals surface area (Å²) in [5, 5.41) is 14.8. The number of hydrazone groups is 1.